The fourth-order valence-electron chi connectivity index (χ4n) is 2.78. The number of amides is 1. The summed E-state index contributed by atoms with van der Waals surface area (Å²) in [6.45, 7) is 0.593. The molecule has 1 heterocycles. The molecule has 1 aliphatic heterocycles. The molecule has 1 aromatic rings. The molecule has 21 heavy (non-hydrogen) atoms. The molecule has 3 rings (SSSR count). The first-order valence-corrected chi connectivity index (χ1v) is 8.94. The van der Waals surface area contributed by atoms with Crippen LogP contribution in [0.4, 0.5) is 0 Å². The van der Waals surface area contributed by atoms with Gasteiger partial charge < -0.3 is 10.4 Å². The number of benzene rings is 1. The van der Waals surface area contributed by atoms with Gasteiger partial charge in [-0.2, -0.15) is 11.8 Å². The van der Waals surface area contributed by atoms with Gasteiger partial charge in [0.15, 0.2) is 5.60 Å². The highest BCUT2D eigenvalue weighted by molar-refractivity contribution is 7.99. The lowest BCUT2D eigenvalue weighted by Gasteiger charge is -2.20. The summed E-state index contributed by atoms with van der Waals surface area (Å²) in [7, 11) is 0. The summed E-state index contributed by atoms with van der Waals surface area (Å²) in [5.41, 5.74) is -0.0806. The quantitative estimate of drug-likeness (QED) is 0.881. The molecule has 3 atom stereocenters. The van der Waals surface area contributed by atoms with Crippen LogP contribution in [0.25, 0.3) is 0 Å². The molecule has 2 N–H and O–H groups in total. The van der Waals surface area contributed by atoms with Crippen molar-refractivity contribution in [2.24, 2.45) is 5.92 Å². The van der Waals surface area contributed by atoms with Gasteiger partial charge in [0.25, 0.3) is 5.91 Å². The van der Waals surface area contributed by atoms with Gasteiger partial charge in [-0.3, -0.25) is 4.79 Å². The molecule has 3 unspecified atom stereocenters. The lowest BCUT2D eigenvalue weighted by Crippen LogP contribution is -2.47. The molecule has 6 heteroatoms. The van der Waals surface area contributed by atoms with Crippen molar-refractivity contribution in [2.45, 2.75) is 24.4 Å². The molecule has 1 saturated heterocycles. The Kier molecular flexibility index (Phi) is 4.42. The Morgan fingerprint density at radius 2 is 2.29 bits per heavy atom. The van der Waals surface area contributed by atoms with E-state index in [0.717, 1.165) is 17.7 Å². The van der Waals surface area contributed by atoms with Crippen LogP contribution in [0.2, 0.25) is 10.0 Å². The van der Waals surface area contributed by atoms with Gasteiger partial charge in [0, 0.05) is 22.3 Å². The molecule has 1 amide bonds. The third-order valence-corrected chi connectivity index (χ3v) is 5.97. The normalized spacial score (nSPS) is 31.2. The van der Waals surface area contributed by atoms with Crippen LogP contribution in [0.5, 0.6) is 0 Å². The van der Waals surface area contributed by atoms with Crippen molar-refractivity contribution in [3.05, 3.63) is 33.8 Å². The first kappa shape index (κ1) is 15.5. The van der Waals surface area contributed by atoms with Crippen molar-refractivity contribution in [1.82, 2.24) is 5.32 Å². The molecule has 1 aliphatic carbocycles. The maximum atomic E-state index is 12.0. The number of aliphatic hydroxyl groups is 1. The SMILES string of the molecule is O=C(NCC1CC1c1ccc(Cl)cc1Cl)C1(O)CCSC1. The van der Waals surface area contributed by atoms with Gasteiger partial charge in [-0.25, -0.2) is 0 Å². The summed E-state index contributed by atoms with van der Waals surface area (Å²) >= 11 is 13.7. The molecule has 0 aromatic heterocycles. The van der Waals surface area contributed by atoms with E-state index < -0.39 is 5.60 Å². The average molecular weight is 346 g/mol. The Bertz CT molecular complexity index is 561. The summed E-state index contributed by atoms with van der Waals surface area (Å²) in [6, 6.07) is 5.55. The van der Waals surface area contributed by atoms with E-state index in [1.165, 1.54) is 0 Å². The van der Waals surface area contributed by atoms with Crippen LogP contribution in [0.1, 0.15) is 24.3 Å². The fourth-order valence-corrected chi connectivity index (χ4v) is 4.57. The number of thioether (sulfide) groups is 1. The topological polar surface area (TPSA) is 49.3 Å². The van der Waals surface area contributed by atoms with E-state index in [1.807, 2.05) is 12.1 Å². The molecule has 114 valence electrons. The zero-order valence-electron chi connectivity index (χ0n) is 11.4. The van der Waals surface area contributed by atoms with Gasteiger partial charge in [0.1, 0.15) is 0 Å². The van der Waals surface area contributed by atoms with Crippen LogP contribution < -0.4 is 5.32 Å². The highest BCUT2D eigenvalue weighted by atomic mass is 35.5. The van der Waals surface area contributed by atoms with Crippen LogP contribution in [-0.2, 0) is 4.79 Å². The highest BCUT2D eigenvalue weighted by Gasteiger charge is 2.43. The first-order chi connectivity index (χ1) is 9.99. The minimum Gasteiger partial charge on any atom is -0.379 e. The van der Waals surface area contributed by atoms with Crippen LogP contribution in [-0.4, -0.2) is 34.7 Å². The van der Waals surface area contributed by atoms with E-state index in [-0.39, 0.29) is 5.91 Å². The minimum absolute atomic E-state index is 0.236. The Labute approximate surface area is 138 Å². The molecule has 0 spiro atoms. The van der Waals surface area contributed by atoms with E-state index in [4.69, 9.17) is 23.2 Å². The van der Waals surface area contributed by atoms with Crippen molar-refractivity contribution in [2.75, 3.05) is 18.1 Å². The molecule has 3 nitrogen and oxygen atoms in total. The first-order valence-electron chi connectivity index (χ1n) is 7.03. The van der Waals surface area contributed by atoms with Gasteiger partial charge in [-0.05, 0) is 48.1 Å². The van der Waals surface area contributed by atoms with Crippen LogP contribution in [0.3, 0.4) is 0 Å². The molecule has 2 fully saturated rings. The number of halogens is 2. The van der Waals surface area contributed by atoms with Crippen molar-refractivity contribution in [1.29, 1.82) is 0 Å². The average Bonchev–Trinajstić information content (AvgIpc) is 3.07. The summed E-state index contributed by atoms with van der Waals surface area (Å²) in [5.74, 6) is 1.88. The molecule has 2 aliphatic rings. The highest BCUT2D eigenvalue weighted by Crippen LogP contribution is 2.49. The van der Waals surface area contributed by atoms with E-state index in [0.29, 0.717) is 40.6 Å². The molecule has 1 aromatic carbocycles. The molecular weight excluding hydrogens is 329 g/mol. The fraction of sp³-hybridized carbons (Fsp3) is 0.533. The second-order valence-corrected chi connectivity index (χ2v) is 7.76. The van der Waals surface area contributed by atoms with Gasteiger partial charge in [0.2, 0.25) is 0 Å². The van der Waals surface area contributed by atoms with Gasteiger partial charge in [-0.15, -0.1) is 0 Å². The third kappa shape index (κ3) is 3.34. The lowest BCUT2D eigenvalue weighted by molar-refractivity contribution is -0.137. The monoisotopic (exact) mass is 345 g/mol. The van der Waals surface area contributed by atoms with E-state index in [2.05, 4.69) is 5.32 Å². The summed E-state index contributed by atoms with van der Waals surface area (Å²) < 4.78 is 0. The Hall–Kier alpha value is -0.420. The van der Waals surface area contributed by atoms with E-state index in [9.17, 15) is 9.90 Å². The number of carbonyl (C=O) groups excluding carboxylic acids is 1. The largest absolute Gasteiger partial charge is 0.379 e. The third-order valence-electron chi connectivity index (χ3n) is 4.23. The Balaban J connectivity index is 1.53. The van der Waals surface area contributed by atoms with Crippen LogP contribution in [0.15, 0.2) is 18.2 Å². The van der Waals surface area contributed by atoms with Crippen LogP contribution >= 0.6 is 35.0 Å². The zero-order chi connectivity index (χ0) is 15.0. The van der Waals surface area contributed by atoms with Gasteiger partial charge >= 0.3 is 0 Å². The number of hydrogen-bond acceptors (Lipinski definition) is 3. The minimum atomic E-state index is -1.17. The zero-order valence-corrected chi connectivity index (χ0v) is 13.8. The smallest absolute Gasteiger partial charge is 0.252 e. The van der Waals surface area contributed by atoms with Crippen LogP contribution in [0, 0.1) is 5.92 Å². The van der Waals surface area contributed by atoms with Crippen molar-refractivity contribution >= 4 is 40.9 Å². The number of hydrogen-bond donors (Lipinski definition) is 2. The molecular formula is C15H17Cl2NO2S. The summed E-state index contributed by atoms with van der Waals surface area (Å²) in [4.78, 5) is 12.0. The number of rotatable bonds is 4. The predicted molar refractivity (Wildman–Crippen MR) is 87.2 cm³/mol. The number of nitrogens with one attached hydrogen (secondary N) is 1. The second kappa shape index (κ2) is 5.99. The molecule has 1 saturated carbocycles. The predicted octanol–water partition coefficient (Wildman–Crippen LogP) is 3.08. The molecule has 0 radical (unpaired) electrons. The van der Waals surface area contributed by atoms with Crippen molar-refractivity contribution < 1.29 is 9.90 Å². The second-order valence-electron chi connectivity index (χ2n) is 5.81. The lowest BCUT2D eigenvalue weighted by atomic mass is 10.0. The van der Waals surface area contributed by atoms with Gasteiger partial charge in [0.05, 0.1) is 0 Å². The van der Waals surface area contributed by atoms with Gasteiger partial charge in [-0.1, -0.05) is 29.3 Å². The number of carbonyl (C=O) groups is 1. The molecule has 0 bridgehead atoms. The Morgan fingerprint density at radius 3 is 2.95 bits per heavy atom. The van der Waals surface area contributed by atoms with Crippen molar-refractivity contribution in [3.8, 4) is 0 Å². The summed E-state index contributed by atoms with van der Waals surface area (Å²) in [6.07, 6.45) is 1.55. The maximum absolute atomic E-state index is 12.0. The maximum Gasteiger partial charge on any atom is 0.252 e. The summed E-state index contributed by atoms with van der Waals surface area (Å²) in [5, 5.41) is 14.4. The van der Waals surface area contributed by atoms with E-state index in [1.54, 1.807) is 17.8 Å². The van der Waals surface area contributed by atoms with E-state index >= 15 is 0 Å². The van der Waals surface area contributed by atoms with Crippen molar-refractivity contribution in [3.63, 3.8) is 0 Å². The standard InChI is InChI=1S/C15H17Cl2NO2S/c16-10-1-2-11(13(17)6-10)12-5-9(12)7-18-14(19)15(20)3-4-21-8-15/h1-2,6,9,12,20H,3-5,7-8H2,(H,18,19). The Morgan fingerprint density at radius 1 is 1.48 bits per heavy atom.